The summed E-state index contributed by atoms with van der Waals surface area (Å²) < 4.78 is 0. The number of likely N-dealkylation sites (tertiary alicyclic amines) is 1. The molecule has 4 heteroatoms. The first-order valence-electron chi connectivity index (χ1n) is 7.64. The lowest BCUT2D eigenvalue weighted by molar-refractivity contribution is -0.141. The number of aliphatic carboxylic acids is 1. The average molecular weight is 263 g/mol. The maximum Gasteiger partial charge on any atom is 0.308 e. The summed E-state index contributed by atoms with van der Waals surface area (Å²) >= 11 is 0. The fraction of sp³-hybridized carbons (Fsp3) is 0.867. The Labute approximate surface area is 113 Å². The van der Waals surface area contributed by atoms with Gasteiger partial charge in [0.15, 0.2) is 0 Å². The molecule has 1 atom stereocenters. The van der Waals surface area contributed by atoms with Crippen LogP contribution in [0.5, 0.6) is 0 Å². The molecule has 0 spiro atoms. The van der Waals surface area contributed by atoms with Crippen molar-refractivity contribution in [2.45, 2.75) is 44.6 Å². The number of nitrogens with zero attached hydrogens (tertiary/aromatic N) is 1. The highest BCUT2D eigenvalue weighted by atomic mass is 16.4. The van der Waals surface area contributed by atoms with E-state index in [-0.39, 0.29) is 12.3 Å². The lowest BCUT2D eigenvalue weighted by atomic mass is 9.54. The van der Waals surface area contributed by atoms with Gasteiger partial charge in [-0.2, -0.15) is 0 Å². The van der Waals surface area contributed by atoms with Crippen molar-refractivity contribution < 1.29 is 14.7 Å². The summed E-state index contributed by atoms with van der Waals surface area (Å²) in [4.78, 5) is 25.2. The largest absolute Gasteiger partial charge is 0.481 e. The molecule has 0 aromatic heterocycles. The Morgan fingerprint density at radius 1 is 1.05 bits per heavy atom. The van der Waals surface area contributed by atoms with E-state index < -0.39 is 11.9 Å². The van der Waals surface area contributed by atoms with Gasteiger partial charge < -0.3 is 10.0 Å². The standard InChI is InChI=1S/C15H21NO3/c17-13-6-12(15(18)19)7-16(13)14-10-2-8-1-9(4-10)5-11(14)3-8/h8-12,14H,1-7H2,(H,18,19)/t8?,9?,10?,11?,12-,14?/m1/s1. The van der Waals surface area contributed by atoms with Crippen LogP contribution in [0.3, 0.4) is 0 Å². The number of carboxylic acids is 1. The van der Waals surface area contributed by atoms with Crippen LogP contribution in [0.4, 0.5) is 0 Å². The Morgan fingerprint density at radius 2 is 1.63 bits per heavy atom. The van der Waals surface area contributed by atoms with Crippen LogP contribution in [0.15, 0.2) is 0 Å². The molecule has 1 aliphatic heterocycles. The Bertz CT molecular complexity index is 405. The van der Waals surface area contributed by atoms with E-state index >= 15 is 0 Å². The van der Waals surface area contributed by atoms with Crippen LogP contribution in [0.1, 0.15) is 38.5 Å². The summed E-state index contributed by atoms with van der Waals surface area (Å²) in [5, 5.41) is 9.12. The molecule has 5 fully saturated rings. The highest BCUT2D eigenvalue weighted by Gasteiger charge is 2.52. The second-order valence-electron chi connectivity index (χ2n) is 7.21. The molecule has 5 rings (SSSR count). The molecule has 0 unspecified atom stereocenters. The van der Waals surface area contributed by atoms with Gasteiger partial charge in [-0.05, 0) is 55.8 Å². The van der Waals surface area contributed by atoms with Gasteiger partial charge in [-0.3, -0.25) is 9.59 Å². The summed E-state index contributed by atoms with van der Waals surface area (Å²) in [6.07, 6.45) is 6.74. The molecule has 104 valence electrons. The first-order valence-corrected chi connectivity index (χ1v) is 7.64. The summed E-state index contributed by atoms with van der Waals surface area (Å²) in [7, 11) is 0. The number of carbonyl (C=O) groups excluding carboxylic acids is 1. The molecule has 4 bridgehead atoms. The minimum absolute atomic E-state index is 0.0878. The van der Waals surface area contributed by atoms with Crippen LogP contribution >= 0.6 is 0 Å². The SMILES string of the molecule is O=C(O)[C@@H]1CC(=O)N(C2C3CC4CC(C3)CC2C4)C1. The van der Waals surface area contributed by atoms with Crippen molar-refractivity contribution in [2.75, 3.05) is 6.54 Å². The molecule has 1 N–H and O–H groups in total. The maximum absolute atomic E-state index is 12.2. The maximum atomic E-state index is 12.2. The van der Waals surface area contributed by atoms with Crippen molar-refractivity contribution in [1.82, 2.24) is 4.90 Å². The second kappa shape index (κ2) is 3.97. The van der Waals surface area contributed by atoms with Gasteiger partial charge in [-0.25, -0.2) is 0 Å². The summed E-state index contributed by atoms with van der Waals surface area (Å²) in [5.41, 5.74) is 0. The molecule has 5 aliphatic rings. The van der Waals surface area contributed by atoms with Crippen molar-refractivity contribution in [3.8, 4) is 0 Å². The third-order valence-electron chi connectivity index (χ3n) is 6.04. The number of hydrogen-bond acceptors (Lipinski definition) is 2. The van der Waals surface area contributed by atoms with E-state index in [0.29, 0.717) is 24.4 Å². The van der Waals surface area contributed by atoms with Gasteiger partial charge >= 0.3 is 5.97 Å². The average Bonchev–Trinajstić information content (AvgIpc) is 2.70. The number of hydrogen-bond donors (Lipinski definition) is 1. The molecular formula is C15H21NO3. The van der Waals surface area contributed by atoms with Gasteiger partial charge in [0.25, 0.3) is 0 Å². The van der Waals surface area contributed by atoms with Crippen LogP contribution in [-0.4, -0.2) is 34.5 Å². The highest BCUT2D eigenvalue weighted by molar-refractivity contribution is 5.86. The Morgan fingerprint density at radius 3 is 2.11 bits per heavy atom. The van der Waals surface area contributed by atoms with E-state index in [1.54, 1.807) is 0 Å². The number of carboxylic acid groups (broad SMARTS) is 1. The zero-order valence-electron chi connectivity index (χ0n) is 11.1. The zero-order chi connectivity index (χ0) is 13.1. The fourth-order valence-corrected chi connectivity index (χ4v) is 5.59. The van der Waals surface area contributed by atoms with Crippen molar-refractivity contribution in [3.63, 3.8) is 0 Å². The highest BCUT2D eigenvalue weighted by Crippen LogP contribution is 2.55. The van der Waals surface area contributed by atoms with E-state index in [2.05, 4.69) is 0 Å². The summed E-state index contributed by atoms with van der Waals surface area (Å²) in [6, 6.07) is 0.365. The first-order chi connectivity index (χ1) is 9.11. The Balaban J connectivity index is 1.56. The van der Waals surface area contributed by atoms with E-state index in [9.17, 15) is 9.59 Å². The molecule has 4 aliphatic carbocycles. The molecule has 1 heterocycles. The smallest absolute Gasteiger partial charge is 0.308 e. The van der Waals surface area contributed by atoms with E-state index in [1.165, 1.54) is 32.1 Å². The van der Waals surface area contributed by atoms with Gasteiger partial charge in [0, 0.05) is 19.0 Å². The van der Waals surface area contributed by atoms with E-state index in [0.717, 1.165) is 11.8 Å². The Hall–Kier alpha value is -1.06. The van der Waals surface area contributed by atoms with Crippen LogP contribution in [0, 0.1) is 29.6 Å². The van der Waals surface area contributed by atoms with E-state index in [1.807, 2.05) is 4.90 Å². The third-order valence-corrected chi connectivity index (χ3v) is 6.04. The van der Waals surface area contributed by atoms with Crippen LogP contribution in [0.25, 0.3) is 0 Å². The van der Waals surface area contributed by atoms with Crippen molar-refractivity contribution in [3.05, 3.63) is 0 Å². The molecule has 0 aromatic carbocycles. The normalized spacial score (nSPS) is 48.0. The first kappa shape index (κ1) is 11.7. The molecule has 4 saturated carbocycles. The summed E-state index contributed by atoms with van der Waals surface area (Å²) in [6.45, 7) is 0.459. The van der Waals surface area contributed by atoms with Crippen LogP contribution in [-0.2, 0) is 9.59 Å². The zero-order valence-corrected chi connectivity index (χ0v) is 11.1. The minimum atomic E-state index is -0.806. The monoisotopic (exact) mass is 263 g/mol. The van der Waals surface area contributed by atoms with Crippen LogP contribution < -0.4 is 0 Å². The van der Waals surface area contributed by atoms with Gasteiger partial charge in [0.1, 0.15) is 0 Å². The Kier molecular flexibility index (Phi) is 2.45. The minimum Gasteiger partial charge on any atom is -0.481 e. The number of rotatable bonds is 2. The van der Waals surface area contributed by atoms with Crippen molar-refractivity contribution in [1.29, 1.82) is 0 Å². The second-order valence-corrected chi connectivity index (χ2v) is 7.21. The third kappa shape index (κ3) is 1.72. The molecule has 4 nitrogen and oxygen atoms in total. The predicted octanol–water partition coefficient (Wildman–Crippen LogP) is 1.74. The number of amides is 1. The molecule has 0 radical (unpaired) electrons. The van der Waals surface area contributed by atoms with Gasteiger partial charge in [-0.1, -0.05) is 0 Å². The molecular weight excluding hydrogens is 242 g/mol. The van der Waals surface area contributed by atoms with E-state index in [4.69, 9.17) is 5.11 Å². The number of carbonyl (C=O) groups is 2. The summed E-state index contributed by atoms with van der Waals surface area (Å²) in [5.74, 6) is 1.92. The van der Waals surface area contributed by atoms with Gasteiger partial charge in [0.2, 0.25) is 5.91 Å². The fourth-order valence-electron chi connectivity index (χ4n) is 5.59. The molecule has 0 aromatic rings. The van der Waals surface area contributed by atoms with Gasteiger partial charge in [0.05, 0.1) is 5.92 Å². The lowest BCUT2D eigenvalue weighted by Crippen LogP contribution is -2.56. The topological polar surface area (TPSA) is 57.6 Å². The lowest BCUT2D eigenvalue weighted by Gasteiger charge is -2.56. The molecule has 1 amide bonds. The molecule has 19 heavy (non-hydrogen) atoms. The molecule has 1 saturated heterocycles. The van der Waals surface area contributed by atoms with Crippen LogP contribution in [0.2, 0.25) is 0 Å². The van der Waals surface area contributed by atoms with Crippen molar-refractivity contribution in [2.24, 2.45) is 29.6 Å². The van der Waals surface area contributed by atoms with Gasteiger partial charge in [-0.15, -0.1) is 0 Å². The quantitative estimate of drug-likeness (QED) is 0.825. The predicted molar refractivity (Wildman–Crippen MR) is 68.3 cm³/mol. The van der Waals surface area contributed by atoms with Crippen molar-refractivity contribution >= 4 is 11.9 Å².